The van der Waals surface area contributed by atoms with Crippen LogP contribution in [0.2, 0.25) is 0 Å². The molecule has 2 unspecified atom stereocenters. The van der Waals surface area contributed by atoms with Crippen LogP contribution in [0.4, 0.5) is 0 Å². The summed E-state index contributed by atoms with van der Waals surface area (Å²) in [7, 11) is 0. The second kappa shape index (κ2) is 7.21. The number of carbonyl (C=O) groups is 3. The Morgan fingerprint density at radius 2 is 1.76 bits per heavy atom. The Bertz CT molecular complexity index is 1170. The third-order valence-electron chi connectivity index (χ3n) is 12.3. The van der Waals surface area contributed by atoms with Crippen LogP contribution in [-0.4, -0.2) is 81.7 Å². The van der Waals surface area contributed by atoms with Gasteiger partial charge in [0.05, 0.1) is 12.0 Å². The second-order valence-electron chi connectivity index (χ2n) is 13.8. The minimum Gasteiger partial charge on any atom is -0.459 e. The fourth-order valence-corrected chi connectivity index (χ4v) is 11.8. The molecule has 0 aromatic heterocycles. The quantitative estimate of drug-likeness (QED) is 0.311. The number of nitrogens with zero attached hydrogens (tertiary/aromatic N) is 1. The van der Waals surface area contributed by atoms with Crippen molar-refractivity contribution in [3.8, 4) is 0 Å². The smallest absolute Gasteiger partial charge is 0.309 e. The average Bonchev–Trinajstić information content (AvgIpc) is 3.25. The van der Waals surface area contributed by atoms with Gasteiger partial charge < -0.3 is 24.4 Å². The number of rotatable bonds is 5. The van der Waals surface area contributed by atoms with Crippen molar-refractivity contribution in [1.29, 1.82) is 0 Å². The molecule has 0 aromatic rings. The zero-order valence-electron chi connectivity index (χ0n) is 22.8. The molecule has 6 aliphatic carbocycles. The molecule has 6 saturated carbocycles. The fraction of sp³-hybridized carbons (Fsp3) is 0.828. The van der Waals surface area contributed by atoms with E-state index in [0.29, 0.717) is 32.2 Å². The Morgan fingerprint density at radius 1 is 1.11 bits per heavy atom. The molecule has 2 spiro atoms. The Hall–Kier alpha value is -1.97. The van der Waals surface area contributed by atoms with Gasteiger partial charge in [-0.15, -0.1) is 0 Å². The summed E-state index contributed by atoms with van der Waals surface area (Å²) in [4.78, 5) is 40.1. The summed E-state index contributed by atoms with van der Waals surface area (Å²) in [6, 6.07) is -0.213. The first-order chi connectivity index (χ1) is 17.8. The first kappa shape index (κ1) is 25.0. The van der Waals surface area contributed by atoms with Gasteiger partial charge in [-0.3, -0.25) is 19.3 Å². The number of hydrogen-bond donors (Lipinski definition) is 2. The van der Waals surface area contributed by atoms with E-state index >= 15 is 0 Å². The number of hydrogen-bond acceptors (Lipinski definition) is 9. The van der Waals surface area contributed by atoms with Crippen molar-refractivity contribution in [2.45, 2.75) is 102 Å². The van der Waals surface area contributed by atoms with Crippen molar-refractivity contribution in [3.63, 3.8) is 0 Å². The molecule has 0 radical (unpaired) electrons. The van der Waals surface area contributed by atoms with E-state index in [1.54, 1.807) is 0 Å². The van der Waals surface area contributed by atoms with Gasteiger partial charge in [-0.2, -0.15) is 0 Å². The van der Waals surface area contributed by atoms with E-state index in [1.165, 1.54) is 13.8 Å². The van der Waals surface area contributed by atoms with Gasteiger partial charge in [0.1, 0.15) is 23.9 Å². The highest BCUT2D eigenvalue weighted by Gasteiger charge is 2.96. The molecule has 15 atom stereocenters. The first-order valence-corrected chi connectivity index (χ1v) is 14.2. The molecule has 9 rings (SSSR count). The minimum atomic E-state index is -1.35. The monoisotopic (exact) mass is 529 g/mol. The third-order valence-corrected chi connectivity index (χ3v) is 12.3. The summed E-state index contributed by atoms with van der Waals surface area (Å²) in [6.07, 6.45) is -0.752. The number of esters is 3. The van der Waals surface area contributed by atoms with E-state index in [1.807, 2.05) is 13.8 Å². The lowest BCUT2D eigenvalue weighted by atomic mass is 9.38. The van der Waals surface area contributed by atoms with Crippen LogP contribution in [0.25, 0.3) is 0 Å². The summed E-state index contributed by atoms with van der Waals surface area (Å²) in [5.74, 6) is -2.30. The molecule has 38 heavy (non-hydrogen) atoms. The summed E-state index contributed by atoms with van der Waals surface area (Å²) < 4.78 is 18.0. The maximum atomic E-state index is 13.1. The van der Waals surface area contributed by atoms with E-state index in [4.69, 9.17) is 14.2 Å². The highest BCUT2D eigenvalue weighted by atomic mass is 16.6. The number of piperidine rings is 2. The molecule has 0 amide bonds. The predicted octanol–water partition coefficient (Wildman–Crippen LogP) is 1.59. The maximum absolute atomic E-state index is 13.1. The highest BCUT2D eigenvalue weighted by Crippen LogP contribution is 2.88. The summed E-state index contributed by atoms with van der Waals surface area (Å²) >= 11 is 0. The second-order valence-corrected chi connectivity index (χ2v) is 13.8. The average molecular weight is 530 g/mol. The van der Waals surface area contributed by atoms with E-state index in [-0.39, 0.29) is 35.8 Å². The van der Waals surface area contributed by atoms with Crippen molar-refractivity contribution in [2.24, 2.45) is 39.9 Å². The molecule has 9 aliphatic rings. The van der Waals surface area contributed by atoms with Crippen molar-refractivity contribution in [1.82, 2.24) is 4.90 Å². The number of fused-ring (bicyclic) bond motifs is 1. The zero-order valence-corrected chi connectivity index (χ0v) is 22.8. The first-order valence-electron chi connectivity index (χ1n) is 14.2. The summed E-state index contributed by atoms with van der Waals surface area (Å²) in [6.45, 7) is 13.5. The van der Waals surface area contributed by atoms with Crippen molar-refractivity contribution in [2.75, 3.05) is 6.54 Å². The van der Waals surface area contributed by atoms with Crippen molar-refractivity contribution >= 4 is 17.9 Å². The molecule has 9 heteroatoms. The lowest BCUT2D eigenvalue weighted by Gasteiger charge is -2.68. The largest absolute Gasteiger partial charge is 0.459 e. The number of aliphatic hydroxyl groups is 2. The van der Waals surface area contributed by atoms with Crippen LogP contribution in [0.1, 0.15) is 60.3 Å². The van der Waals surface area contributed by atoms with Gasteiger partial charge in [-0.1, -0.05) is 32.9 Å². The van der Waals surface area contributed by atoms with Crippen LogP contribution in [-0.2, 0) is 28.6 Å². The van der Waals surface area contributed by atoms with Gasteiger partial charge in [0.2, 0.25) is 0 Å². The lowest BCUT2D eigenvalue weighted by Crippen LogP contribution is -2.77. The molecule has 0 aromatic carbocycles. The Balaban J connectivity index is 1.41. The molecule has 9 fully saturated rings. The van der Waals surface area contributed by atoms with Gasteiger partial charge in [-0.25, -0.2) is 0 Å². The molecular weight excluding hydrogens is 490 g/mol. The van der Waals surface area contributed by atoms with E-state index in [2.05, 4.69) is 18.4 Å². The van der Waals surface area contributed by atoms with Gasteiger partial charge in [0.25, 0.3) is 0 Å². The van der Waals surface area contributed by atoms with Crippen molar-refractivity contribution in [3.05, 3.63) is 12.2 Å². The molecular formula is C29H39NO8. The van der Waals surface area contributed by atoms with Crippen LogP contribution >= 0.6 is 0 Å². The van der Waals surface area contributed by atoms with Gasteiger partial charge in [0, 0.05) is 60.6 Å². The van der Waals surface area contributed by atoms with Crippen LogP contribution in [0.15, 0.2) is 12.2 Å². The van der Waals surface area contributed by atoms with E-state index in [9.17, 15) is 24.6 Å². The lowest BCUT2D eigenvalue weighted by molar-refractivity contribution is -0.285. The van der Waals surface area contributed by atoms with Gasteiger partial charge in [0.15, 0.2) is 0 Å². The fourth-order valence-electron chi connectivity index (χ4n) is 11.8. The highest BCUT2D eigenvalue weighted by molar-refractivity contribution is 5.72. The summed E-state index contributed by atoms with van der Waals surface area (Å²) in [5, 5.41) is 24.9. The summed E-state index contributed by atoms with van der Waals surface area (Å²) in [5.41, 5.74) is -2.28. The van der Waals surface area contributed by atoms with Crippen LogP contribution in [0, 0.1) is 39.9 Å². The van der Waals surface area contributed by atoms with E-state index in [0.717, 1.165) is 5.57 Å². The standard InChI is InChI=1S/C29H39NO8/c1-7-12(2)24(34)38-17-10-28-20-16-9-27-8-13(3)18(19(33)21(27)28)23(37-15(5)32)29(27,35)25(28)30(16)11-26(20,6)22(17)36-14(4)31/h12,16-23,25,33,35H,3,7-11H2,1-2,4-6H3/t12?,16-,17+,18+,19+,20+,21+,22+,23+,25-,26-,27+,28-,29-/m0/s1. The molecule has 208 valence electrons. The molecule has 9 bridgehead atoms. The number of aliphatic hydroxyl groups excluding tert-OH is 1. The van der Waals surface area contributed by atoms with Crippen LogP contribution in [0.5, 0.6) is 0 Å². The minimum absolute atomic E-state index is 0.0350. The number of carbonyl (C=O) groups excluding carboxylic acids is 3. The number of ether oxygens (including phenoxy) is 3. The van der Waals surface area contributed by atoms with Gasteiger partial charge >= 0.3 is 17.9 Å². The Kier molecular flexibility index (Phi) is 4.75. The SMILES string of the molecule is C=C1C[C@@]23C[C@H]4[C@@H]5[C@]6(C)CN4[C@H]4[C@]5(C[C@@H](OC(=O)C(C)CC)[C@H]6OC(C)=O)[C@@H]2[C@H](O)[C@@H]1[C@@H](OC(C)=O)[C@]43O. The third kappa shape index (κ3) is 2.37. The molecule has 3 saturated heterocycles. The predicted molar refractivity (Wildman–Crippen MR) is 132 cm³/mol. The Labute approximate surface area is 222 Å². The zero-order chi connectivity index (χ0) is 27.3. The van der Waals surface area contributed by atoms with E-state index < -0.39 is 64.1 Å². The molecule has 9 nitrogen and oxygen atoms in total. The van der Waals surface area contributed by atoms with Crippen LogP contribution in [0.3, 0.4) is 0 Å². The topological polar surface area (TPSA) is 123 Å². The maximum Gasteiger partial charge on any atom is 0.309 e. The Morgan fingerprint density at radius 3 is 2.39 bits per heavy atom. The molecule has 2 N–H and O–H groups in total. The van der Waals surface area contributed by atoms with Gasteiger partial charge in [-0.05, 0) is 31.6 Å². The molecule has 3 aliphatic heterocycles. The van der Waals surface area contributed by atoms with Crippen molar-refractivity contribution < 1.29 is 38.8 Å². The van der Waals surface area contributed by atoms with Crippen LogP contribution < -0.4 is 0 Å². The normalized spacial score (nSPS) is 56.7. The molecule has 3 heterocycles.